The van der Waals surface area contributed by atoms with E-state index in [9.17, 15) is 4.79 Å². The molecule has 2 aliphatic rings. The highest BCUT2D eigenvalue weighted by Crippen LogP contribution is 2.35. The molecule has 2 rings (SSSR count). The molecule has 62 valence electrons. The van der Waals surface area contributed by atoms with Gasteiger partial charge in [0.15, 0.2) is 0 Å². The molecule has 1 saturated carbocycles. The third-order valence-corrected chi connectivity index (χ3v) is 2.14. The average Bonchev–Trinajstić information content (AvgIpc) is 2.64. The third kappa shape index (κ3) is 1.45. The van der Waals surface area contributed by atoms with Crippen molar-refractivity contribution in [2.75, 3.05) is 13.6 Å². The molecule has 0 bridgehead atoms. The molecule has 11 heavy (non-hydrogen) atoms. The molecule has 0 radical (unpaired) electrons. The zero-order valence-corrected chi connectivity index (χ0v) is 6.54. The average molecular weight is 156 g/mol. The molecule has 1 amide bonds. The number of rotatable bonds is 1. The van der Waals surface area contributed by atoms with Crippen molar-refractivity contribution in [2.24, 2.45) is 5.92 Å². The van der Waals surface area contributed by atoms with Gasteiger partial charge in [-0.15, -0.1) is 0 Å². The summed E-state index contributed by atoms with van der Waals surface area (Å²) in [6, 6.07) is 0. The van der Waals surface area contributed by atoms with E-state index in [1.54, 1.807) is 5.01 Å². The number of nitrogens with one attached hydrogen (secondary N) is 1. The normalized spacial score (nSPS) is 32.8. The van der Waals surface area contributed by atoms with Gasteiger partial charge >= 0.3 is 6.09 Å². The van der Waals surface area contributed by atoms with Crippen LogP contribution >= 0.6 is 0 Å². The fourth-order valence-electron chi connectivity index (χ4n) is 1.39. The van der Waals surface area contributed by atoms with Crippen molar-refractivity contribution in [3.05, 3.63) is 0 Å². The number of hydrazine groups is 1. The Morgan fingerprint density at radius 3 is 2.91 bits per heavy atom. The summed E-state index contributed by atoms with van der Waals surface area (Å²) >= 11 is 0. The predicted octanol–water partition coefficient (Wildman–Crippen LogP) is 0.352. The van der Waals surface area contributed by atoms with Gasteiger partial charge in [0.05, 0.1) is 6.54 Å². The molecule has 1 aliphatic carbocycles. The zero-order valence-electron chi connectivity index (χ0n) is 6.54. The van der Waals surface area contributed by atoms with Crippen LogP contribution < -0.4 is 5.43 Å². The lowest BCUT2D eigenvalue weighted by Crippen LogP contribution is -2.51. The molecule has 1 aliphatic heterocycles. The first kappa shape index (κ1) is 6.91. The fraction of sp³-hybridized carbons (Fsp3) is 0.857. The Labute approximate surface area is 65.5 Å². The molecule has 1 heterocycles. The Morgan fingerprint density at radius 1 is 1.64 bits per heavy atom. The first-order valence-electron chi connectivity index (χ1n) is 3.94. The van der Waals surface area contributed by atoms with E-state index < -0.39 is 0 Å². The lowest BCUT2D eigenvalue weighted by Gasteiger charge is -2.29. The topological polar surface area (TPSA) is 41.6 Å². The second-order valence-electron chi connectivity index (χ2n) is 3.27. The molecule has 1 N–H and O–H groups in total. The Morgan fingerprint density at radius 2 is 2.36 bits per heavy atom. The van der Waals surface area contributed by atoms with Crippen molar-refractivity contribution in [1.82, 2.24) is 10.4 Å². The van der Waals surface area contributed by atoms with E-state index in [2.05, 4.69) is 5.43 Å². The Hall–Kier alpha value is -0.770. The van der Waals surface area contributed by atoms with E-state index in [-0.39, 0.29) is 12.2 Å². The highest BCUT2D eigenvalue weighted by molar-refractivity contribution is 5.67. The van der Waals surface area contributed by atoms with Crippen molar-refractivity contribution in [3.8, 4) is 0 Å². The smallest absolute Gasteiger partial charge is 0.422 e. The van der Waals surface area contributed by atoms with E-state index in [1.165, 1.54) is 12.8 Å². The molecule has 4 heteroatoms. The SMILES string of the molecule is CN1CC(C2CC2)OC(=O)N1. The van der Waals surface area contributed by atoms with Crippen LogP contribution in [0.2, 0.25) is 0 Å². The van der Waals surface area contributed by atoms with Crippen LogP contribution in [0.5, 0.6) is 0 Å². The van der Waals surface area contributed by atoms with Crippen LogP contribution in [0.15, 0.2) is 0 Å². The largest absolute Gasteiger partial charge is 0.444 e. The highest BCUT2D eigenvalue weighted by Gasteiger charge is 2.37. The highest BCUT2D eigenvalue weighted by atomic mass is 16.6. The minimum Gasteiger partial charge on any atom is -0.444 e. The third-order valence-electron chi connectivity index (χ3n) is 2.14. The number of nitrogens with zero attached hydrogens (tertiary/aromatic N) is 1. The summed E-state index contributed by atoms with van der Waals surface area (Å²) in [5.74, 6) is 0.628. The van der Waals surface area contributed by atoms with Crippen LogP contribution in [-0.2, 0) is 4.74 Å². The molecule has 0 aromatic heterocycles. The standard InChI is InChI=1S/C7H12N2O2/c1-9-4-6(5-2-3-5)11-7(10)8-9/h5-6H,2-4H2,1H3,(H,8,10). The summed E-state index contributed by atoms with van der Waals surface area (Å²) in [7, 11) is 1.86. The summed E-state index contributed by atoms with van der Waals surface area (Å²) in [6.07, 6.45) is 2.25. The summed E-state index contributed by atoms with van der Waals surface area (Å²) in [4.78, 5) is 10.8. The Balaban J connectivity index is 1.94. The van der Waals surface area contributed by atoms with Gasteiger partial charge < -0.3 is 4.74 Å². The van der Waals surface area contributed by atoms with Gasteiger partial charge in [-0.3, -0.25) is 5.43 Å². The second-order valence-corrected chi connectivity index (χ2v) is 3.27. The number of carbonyl (C=O) groups is 1. The lowest BCUT2D eigenvalue weighted by atomic mass is 10.2. The number of likely N-dealkylation sites (N-methyl/N-ethyl adjacent to an activating group) is 1. The molecular weight excluding hydrogens is 144 g/mol. The van der Waals surface area contributed by atoms with Crippen molar-refractivity contribution in [2.45, 2.75) is 18.9 Å². The summed E-state index contributed by atoms with van der Waals surface area (Å²) in [6.45, 7) is 0.816. The monoisotopic (exact) mass is 156 g/mol. The minimum atomic E-state index is -0.310. The molecule has 1 unspecified atom stereocenters. The van der Waals surface area contributed by atoms with Gasteiger partial charge in [0.2, 0.25) is 0 Å². The summed E-state index contributed by atoms with van der Waals surface area (Å²) < 4.78 is 5.09. The molecule has 2 fully saturated rings. The molecule has 4 nitrogen and oxygen atoms in total. The van der Waals surface area contributed by atoms with E-state index in [0.29, 0.717) is 5.92 Å². The van der Waals surface area contributed by atoms with Gasteiger partial charge in [-0.05, 0) is 18.8 Å². The molecule has 0 spiro atoms. The quantitative estimate of drug-likeness (QED) is 0.595. The fourth-order valence-corrected chi connectivity index (χ4v) is 1.39. The number of carbonyl (C=O) groups excluding carboxylic acids is 1. The van der Waals surface area contributed by atoms with Gasteiger partial charge in [-0.25, -0.2) is 9.80 Å². The zero-order chi connectivity index (χ0) is 7.84. The van der Waals surface area contributed by atoms with Crippen LogP contribution in [0.3, 0.4) is 0 Å². The summed E-state index contributed by atoms with van der Waals surface area (Å²) in [5, 5.41) is 1.79. The maximum absolute atomic E-state index is 10.8. The minimum absolute atomic E-state index is 0.133. The Bertz CT molecular complexity index is 179. The van der Waals surface area contributed by atoms with Gasteiger partial charge in [0, 0.05) is 7.05 Å². The predicted molar refractivity (Wildman–Crippen MR) is 38.8 cm³/mol. The van der Waals surface area contributed by atoms with Crippen molar-refractivity contribution < 1.29 is 9.53 Å². The number of cyclic esters (lactones) is 1. The van der Waals surface area contributed by atoms with Gasteiger partial charge in [0.25, 0.3) is 0 Å². The van der Waals surface area contributed by atoms with Gasteiger partial charge in [-0.1, -0.05) is 0 Å². The van der Waals surface area contributed by atoms with E-state index in [0.717, 1.165) is 6.54 Å². The van der Waals surface area contributed by atoms with Crippen molar-refractivity contribution in [3.63, 3.8) is 0 Å². The van der Waals surface area contributed by atoms with Crippen LogP contribution in [0.4, 0.5) is 4.79 Å². The molecule has 0 aromatic rings. The number of amides is 1. The van der Waals surface area contributed by atoms with Crippen LogP contribution in [0, 0.1) is 5.92 Å². The van der Waals surface area contributed by atoms with E-state index in [4.69, 9.17) is 4.74 Å². The Kier molecular flexibility index (Phi) is 1.49. The van der Waals surface area contributed by atoms with E-state index >= 15 is 0 Å². The maximum Gasteiger partial charge on any atom is 0.422 e. The van der Waals surface area contributed by atoms with Gasteiger partial charge in [0.1, 0.15) is 6.10 Å². The molecule has 1 saturated heterocycles. The lowest BCUT2D eigenvalue weighted by molar-refractivity contribution is 0.00398. The van der Waals surface area contributed by atoms with Crippen molar-refractivity contribution >= 4 is 6.09 Å². The second kappa shape index (κ2) is 2.37. The van der Waals surface area contributed by atoms with Crippen LogP contribution in [0.1, 0.15) is 12.8 Å². The number of hydrogen-bond donors (Lipinski definition) is 1. The first-order chi connectivity index (χ1) is 5.25. The first-order valence-corrected chi connectivity index (χ1v) is 3.94. The van der Waals surface area contributed by atoms with E-state index in [1.807, 2.05) is 7.05 Å². The number of ether oxygens (including phenoxy) is 1. The molecule has 0 aromatic carbocycles. The molecule has 1 atom stereocenters. The van der Waals surface area contributed by atoms with Crippen LogP contribution in [-0.4, -0.2) is 30.8 Å². The maximum atomic E-state index is 10.8. The summed E-state index contributed by atoms with van der Waals surface area (Å²) in [5.41, 5.74) is 2.56. The number of hydrogen-bond acceptors (Lipinski definition) is 3. The van der Waals surface area contributed by atoms with Gasteiger partial charge in [-0.2, -0.15) is 0 Å². The molecular formula is C7H12N2O2. The van der Waals surface area contributed by atoms with Crippen molar-refractivity contribution in [1.29, 1.82) is 0 Å². The van der Waals surface area contributed by atoms with Crippen LogP contribution in [0.25, 0.3) is 0 Å².